The average molecular weight is 300 g/mol. The van der Waals surface area contributed by atoms with Gasteiger partial charge in [-0.15, -0.1) is 0 Å². The lowest BCUT2D eigenvalue weighted by Crippen LogP contribution is -2.04. The van der Waals surface area contributed by atoms with E-state index in [-0.39, 0.29) is 6.61 Å². The van der Waals surface area contributed by atoms with Crippen LogP contribution in [-0.4, -0.2) is 0 Å². The molecule has 19 heavy (non-hydrogen) atoms. The molecule has 0 amide bonds. The SMILES string of the molecule is NCc1cc(Cl)ccc1OCc1c(F)cccc1Cl. The van der Waals surface area contributed by atoms with E-state index in [0.29, 0.717) is 27.9 Å². The predicted molar refractivity (Wildman–Crippen MR) is 75.1 cm³/mol. The number of halogens is 3. The summed E-state index contributed by atoms with van der Waals surface area (Å²) >= 11 is 11.8. The summed E-state index contributed by atoms with van der Waals surface area (Å²) in [4.78, 5) is 0. The number of benzene rings is 2. The average Bonchev–Trinajstić information content (AvgIpc) is 2.39. The normalized spacial score (nSPS) is 10.5. The molecule has 0 radical (unpaired) electrons. The molecule has 100 valence electrons. The van der Waals surface area contributed by atoms with Crippen LogP contribution in [0.3, 0.4) is 0 Å². The maximum Gasteiger partial charge on any atom is 0.131 e. The van der Waals surface area contributed by atoms with Gasteiger partial charge in [0.15, 0.2) is 0 Å². The van der Waals surface area contributed by atoms with Gasteiger partial charge in [0.1, 0.15) is 18.2 Å². The Balaban J connectivity index is 2.19. The van der Waals surface area contributed by atoms with E-state index in [1.165, 1.54) is 6.07 Å². The van der Waals surface area contributed by atoms with Crippen molar-refractivity contribution in [1.29, 1.82) is 0 Å². The standard InChI is InChI=1S/C14H12Cl2FNO/c15-10-4-5-14(9(6-10)7-18)19-8-11-12(16)2-1-3-13(11)17/h1-6H,7-8,18H2. The highest BCUT2D eigenvalue weighted by Gasteiger charge is 2.09. The van der Waals surface area contributed by atoms with Gasteiger partial charge in [-0.3, -0.25) is 0 Å². The van der Waals surface area contributed by atoms with E-state index in [4.69, 9.17) is 33.7 Å². The number of hydrogen-bond donors (Lipinski definition) is 1. The quantitative estimate of drug-likeness (QED) is 0.919. The molecule has 0 aliphatic heterocycles. The number of nitrogens with two attached hydrogens (primary N) is 1. The van der Waals surface area contributed by atoms with Crippen molar-refractivity contribution in [3.8, 4) is 5.75 Å². The third kappa shape index (κ3) is 3.38. The zero-order valence-corrected chi connectivity index (χ0v) is 11.5. The van der Waals surface area contributed by atoms with Crippen molar-refractivity contribution in [2.24, 2.45) is 5.73 Å². The first-order valence-electron chi connectivity index (χ1n) is 5.66. The first kappa shape index (κ1) is 14.1. The molecule has 2 aromatic carbocycles. The van der Waals surface area contributed by atoms with Crippen LogP contribution in [0.25, 0.3) is 0 Å². The Morgan fingerprint density at radius 3 is 2.63 bits per heavy atom. The molecule has 5 heteroatoms. The van der Waals surface area contributed by atoms with Gasteiger partial charge in [-0.1, -0.05) is 29.3 Å². The molecule has 2 rings (SSSR count). The van der Waals surface area contributed by atoms with Crippen LogP contribution in [0.1, 0.15) is 11.1 Å². The summed E-state index contributed by atoms with van der Waals surface area (Å²) in [5, 5.41) is 0.917. The fourth-order valence-electron chi connectivity index (χ4n) is 1.67. The van der Waals surface area contributed by atoms with Crippen molar-refractivity contribution in [1.82, 2.24) is 0 Å². The summed E-state index contributed by atoms with van der Waals surface area (Å²) in [5.41, 5.74) is 6.69. The molecular weight excluding hydrogens is 288 g/mol. The minimum Gasteiger partial charge on any atom is -0.488 e. The summed E-state index contributed by atoms with van der Waals surface area (Å²) < 4.78 is 19.2. The van der Waals surface area contributed by atoms with Crippen molar-refractivity contribution in [3.63, 3.8) is 0 Å². The predicted octanol–water partition coefficient (Wildman–Crippen LogP) is 4.17. The Labute approximate surface area is 120 Å². The van der Waals surface area contributed by atoms with E-state index in [9.17, 15) is 4.39 Å². The molecule has 0 aliphatic carbocycles. The van der Waals surface area contributed by atoms with Gasteiger partial charge < -0.3 is 10.5 Å². The third-order valence-electron chi connectivity index (χ3n) is 2.68. The van der Waals surface area contributed by atoms with Gasteiger partial charge >= 0.3 is 0 Å². The van der Waals surface area contributed by atoms with Gasteiger partial charge in [-0.2, -0.15) is 0 Å². The van der Waals surface area contributed by atoms with Gasteiger partial charge in [0, 0.05) is 22.7 Å². The molecule has 2 N–H and O–H groups in total. The fraction of sp³-hybridized carbons (Fsp3) is 0.143. The Morgan fingerprint density at radius 1 is 1.16 bits per heavy atom. The van der Waals surface area contributed by atoms with Crippen LogP contribution < -0.4 is 10.5 Å². The second-order valence-corrected chi connectivity index (χ2v) is 4.79. The zero-order valence-electron chi connectivity index (χ0n) is 10.00. The van der Waals surface area contributed by atoms with Crippen LogP contribution in [0.15, 0.2) is 36.4 Å². The molecule has 0 bridgehead atoms. The smallest absolute Gasteiger partial charge is 0.131 e. The minimum atomic E-state index is -0.393. The molecular formula is C14H12Cl2FNO. The molecule has 0 unspecified atom stereocenters. The number of hydrogen-bond acceptors (Lipinski definition) is 2. The maximum atomic E-state index is 13.6. The lowest BCUT2D eigenvalue weighted by atomic mass is 10.2. The van der Waals surface area contributed by atoms with Crippen LogP contribution in [0.2, 0.25) is 10.0 Å². The van der Waals surface area contributed by atoms with E-state index in [0.717, 1.165) is 5.56 Å². The molecule has 0 spiro atoms. The van der Waals surface area contributed by atoms with Crippen LogP contribution in [0, 0.1) is 5.82 Å². The Morgan fingerprint density at radius 2 is 1.95 bits per heavy atom. The molecule has 0 heterocycles. The molecule has 0 fully saturated rings. The van der Waals surface area contributed by atoms with Crippen LogP contribution >= 0.6 is 23.2 Å². The van der Waals surface area contributed by atoms with Crippen molar-refractivity contribution in [3.05, 3.63) is 63.4 Å². The molecule has 0 saturated carbocycles. The Bertz CT molecular complexity index is 569. The highest BCUT2D eigenvalue weighted by molar-refractivity contribution is 6.31. The van der Waals surface area contributed by atoms with E-state index >= 15 is 0 Å². The Hall–Kier alpha value is -1.29. The van der Waals surface area contributed by atoms with Crippen LogP contribution in [-0.2, 0) is 13.2 Å². The Kier molecular flexibility index (Phi) is 4.64. The summed E-state index contributed by atoms with van der Waals surface area (Å²) in [6, 6.07) is 9.64. The zero-order chi connectivity index (χ0) is 13.8. The van der Waals surface area contributed by atoms with Gasteiger partial charge in [-0.25, -0.2) is 4.39 Å². The van der Waals surface area contributed by atoms with Gasteiger partial charge in [0.2, 0.25) is 0 Å². The van der Waals surface area contributed by atoms with Crippen molar-refractivity contribution < 1.29 is 9.13 Å². The second-order valence-electron chi connectivity index (χ2n) is 3.95. The first-order valence-corrected chi connectivity index (χ1v) is 6.41. The summed E-state index contributed by atoms with van der Waals surface area (Å²) in [7, 11) is 0. The monoisotopic (exact) mass is 299 g/mol. The topological polar surface area (TPSA) is 35.2 Å². The largest absolute Gasteiger partial charge is 0.488 e. The molecule has 2 nitrogen and oxygen atoms in total. The molecule has 2 aromatic rings. The van der Waals surface area contributed by atoms with E-state index in [2.05, 4.69) is 0 Å². The van der Waals surface area contributed by atoms with E-state index < -0.39 is 5.82 Å². The molecule has 0 atom stereocenters. The first-order chi connectivity index (χ1) is 9.11. The fourth-order valence-corrected chi connectivity index (χ4v) is 2.08. The second kappa shape index (κ2) is 6.24. The van der Waals surface area contributed by atoms with E-state index in [1.807, 2.05) is 0 Å². The third-order valence-corrected chi connectivity index (χ3v) is 3.27. The van der Waals surface area contributed by atoms with Crippen molar-refractivity contribution in [2.45, 2.75) is 13.2 Å². The van der Waals surface area contributed by atoms with Gasteiger partial charge in [0.05, 0.1) is 5.02 Å². The number of rotatable bonds is 4. The molecule has 0 aromatic heterocycles. The summed E-state index contributed by atoms with van der Waals surface area (Å²) in [6.07, 6.45) is 0. The summed E-state index contributed by atoms with van der Waals surface area (Å²) in [5.74, 6) is 0.182. The number of ether oxygens (including phenoxy) is 1. The lowest BCUT2D eigenvalue weighted by Gasteiger charge is -2.12. The minimum absolute atomic E-state index is 0.0418. The highest BCUT2D eigenvalue weighted by Crippen LogP contribution is 2.25. The molecule has 0 saturated heterocycles. The molecule has 0 aliphatic rings. The van der Waals surface area contributed by atoms with Crippen molar-refractivity contribution >= 4 is 23.2 Å². The van der Waals surface area contributed by atoms with Gasteiger partial charge in [0.25, 0.3) is 0 Å². The van der Waals surface area contributed by atoms with E-state index in [1.54, 1.807) is 30.3 Å². The van der Waals surface area contributed by atoms with Crippen molar-refractivity contribution in [2.75, 3.05) is 0 Å². The van der Waals surface area contributed by atoms with Gasteiger partial charge in [-0.05, 0) is 30.3 Å². The maximum absolute atomic E-state index is 13.6. The van der Waals surface area contributed by atoms with Crippen LogP contribution in [0.4, 0.5) is 4.39 Å². The van der Waals surface area contributed by atoms with Crippen LogP contribution in [0.5, 0.6) is 5.75 Å². The lowest BCUT2D eigenvalue weighted by molar-refractivity contribution is 0.297. The summed E-state index contributed by atoms with van der Waals surface area (Å²) in [6.45, 7) is 0.334. The highest BCUT2D eigenvalue weighted by atomic mass is 35.5.